The summed E-state index contributed by atoms with van der Waals surface area (Å²) in [7, 11) is 0. The van der Waals surface area contributed by atoms with E-state index in [0.29, 0.717) is 13.2 Å². The molecule has 0 spiro atoms. The second-order valence-electron chi connectivity index (χ2n) is 6.50. The molecule has 108 valence electrons. The maximum atomic E-state index is 9.95. The van der Waals surface area contributed by atoms with Gasteiger partial charge in [0.1, 0.15) is 25.0 Å². The fraction of sp³-hybridized carbons (Fsp3) is 0.625. The van der Waals surface area contributed by atoms with Gasteiger partial charge in [-0.3, -0.25) is 0 Å². The van der Waals surface area contributed by atoms with Gasteiger partial charge in [-0.25, -0.2) is 0 Å². The van der Waals surface area contributed by atoms with Gasteiger partial charge in [-0.15, -0.1) is 0 Å². The normalized spacial score (nSPS) is 13.4. The van der Waals surface area contributed by atoms with Crippen LogP contribution in [0, 0.1) is 20.8 Å². The number of aliphatic hydroxyl groups is 1. The molecule has 1 rings (SSSR count). The lowest BCUT2D eigenvalue weighted by atomic mass is 10.1. The first-order valence-corrected chi connectivity index (χ1v) is 6.92. The zero-order valence-electron chi connectivity index (χ0n) is 13.1. The van der Waals surface area contributed by atoms with Crippen molar-refractivity contribution in [3.63, 3.8) is 0 Å². The van der Waals surface area contributed by atoms with E-state index in [1.54, 1.807) is 0 Å². The van der Waals surface area contributed by atoms with Crippen LogP contribution in [0.1, 0.15) is 37.5 Å². The summed E-state index contributed by atoms with van der Waals surface area (Å²) in [5.74, 6) is 0.903. The molecule has 0 amide bonds. The number of nitrogens with two attached hydrogens (primary N) is 1. The Bertz CT molecular complexity index is 398. The Balaban J connectivity index is 2.53. The fourth-order valence-corrected chi connectivity index (χ4v) is 2.13. The van der Waals surface area contributed by atoms with Crippen molar-refractivity contribution < 1.29 is 15.2 Å². The van der Waals surface area contributed by atoms with Crippen LogP contribution in [0.25, 0.3) is 0 Å². The standard InChI is InChI=1S/C16H27NO2/c1-11-7-12(2)15(13(3)8-11)19-10-14(18)9-17-16(4,5)6/h7-8,14,17-18H,9-10H2,1-6H3/p+1. The molecule has 0 aliphatic carbocycles. The van der Waals surface area contributed by atoms with Gasteiger partial charge in [0, 0.05) is 0 Å². The number of benzene rings is 1. The molecule has 19 heavy (non-hydrogen) atoms. The molecule has 1 aromatic rings. The molecule has 0 heterocycles. The maximum Gasteiger partial charge on any atom is 0.137 e. The van der Waals surface area contributed by atoms with E-state index in [9.17, 15) is 5.11 Å². The smallest absolute Gasteiger partial charge is 0.137 e. The molecule has 0 fully saturated rings. The molecule has 0 bridgehead atoms. The van der Waals surface area contributed by atoms with Crippen molar-refractivity contribution in [1.82, 2.24) is 0 Å². The third-order valence-corrected chi connectivity index (χ3v) is 3.03. The number of aliphatic hydroxyl groups excluding tert-OH is 1. The monoisotopic (exact) mass is 266 g/mol. The number of hydrogen-bond donors (Lipinski definition) is 2. The van der Waals surface area contributed by atoms with Gasteiger partial charge in [0.25, 0.3) is 0 Å². The molecular formula is C16H28NO2+. The molecule has 0 radical (unpaired) electrons. The average Bonchev–Trinajstić information content (AvgIpc) is 2.23. The van der Waals surface area contributed by atoms with E-state index in [1.165, 1.54) is 5.56 Å². The molecule has 0 saturated carbocycles. The van der Waals surface area contributed by atoms with Crippen LogP contribution >= 0.6 is 0 Å². The summed E-state index contributed by atoms with van der Waals surface area (Å²) in [5.41, 5.74) is 3.63. The predicted octanol–water partition coefficient (Wildman–Crippen LogP) is 1.71. The summed E-state index contributed by atoms with van der Waals surface area (Å²) in [6.45, 7) is 13.6. The third kappa shape index (κ3) is 5.62. The lowest BCUT2D eigenvalue weighted by Crippen LogP contribution is -2.96. The number of ether oxygens (including phenoxy) is 1. The molecule has 0 aromatic heterocycles. The minimum absolute atomic E-state index is 0.136. The van der Waals surface area contributed by atoms with Crippen molar-refractivity contribution in [3.8, 4) is 5.75 Å². The van der Waals surface area contributed by atoms with Crippen LogP contribution in [0.2, 0.25) is 0 Å². The molecule has 1 unspecified atom stereocenters. The van der Waals surface area contributed by atoms with E-state index in [-0.39, 0.29) is 5.54 Å². The van der Waals surface area contributed by atoms with Crippen molar-refractivity contribution in [1.29, 1.82) is 0 Å². The Morgan fingerprint density at radius 1 is 1.16 bits per heavy atom. The first-order chi connectivity index (χ1) is 8.69. The molecule has 0 aliphatic heterocycles. The highest BCUT2D eigenvalue weighted by atomic mass is 16.5. The van der Waals surface area contributed by atoms with Crippen LogP contribution in [-0.2, 0) is 0 Å². The van der Waals surface area contributed by atoms with Crippen molar-refractivity contribution >= 4 is 0 Å². The van der Waals surface area contributed by atoms with Gasteiger partial charge in [-0.2, -0.15) is 0 Å². The highest BCUT2D eigenvalue weighted by Gasteiger charge is 2.17. The minimum atomic E-state index is -0.445. The summed E-state index contributed by atoms with van der Waals surface area (Å²) in [6, 6.07) is 4.21. The van der Waals surface area contributed by atoms with Crippen molar-refractivity contribution in [2.24, 2.45) is 0 Å². The SMILES string of the molecule is Cc1cc(C)c(OCC(O)C[NH2+]C(C)(C)C)c(C)c1. The average molecular weight is 266 g/mol. The molecule has 3 nitrogen and oxygen atoms in total. The van der Waals surface area contributed by atoms with Crippen LogP contribution in [0.5, 0.6) is 5.75 Å². The highest BCUT2D eigenvalue weighted by molar-refractivity contribution is 5.42. The Kier molecular flexibility index (Phi) is 5.39. The van der Waals surface area contributed by atoms with Gasteiger partial charge in [-0.1, -0.05) is 17.7 Å². The molecule has 3 N–H and O–H groups in total. The molecule has 0 saturated heterocycles. The number of rotatable bonds is 5. The lowest BCUT2D eigenvalue weighted by Gasteiger charge is -2.20. The minimum Gasteiger partial charge on any atom is -0.490 e. The summed E-state index contributed by atoms with van der Waals surface area (Å²) in [5, 5.41) is 12.1. The van der Waals surface area contributed by atoms with Gasteiger partial charge in [-0.05, 0) is 52.7 Å². The predicted molar refractivity (Wildman–Crippen MR) is 78.7 cm³/mol. The number of hydrogen-bond acceptors (Lipinski definition) is 2. The molecule has 1 aromatic carbocycles. The van der Waals surface area contributed by atoms with Crippen molar-refractivity contribution in [3.05, 3.63) is 28.8 Å². The molecule has 0 aliphatic rings. The van der Waals surface area contributed by atoms with Crippen molar-refractivity contribution in [2.75, 3.05) is 13.2 Å². The quantitative estimate of drug-likeness (QED) is 0.852. The van der Waals surface area contributed by atoms with Gasteiger partial charge < -0.3 is 15.2 Å². The van der Waals surface area contributed by atoms with E-state index >= 15 is 0 Å². The van der Waals surface area contributed by atoms with Crippen LogP contribution in [-0.4, -0.2) is 29.9 Å². The second-order valence-corrected chi connectivity index (χ2v) is 6.50. The summed E-state index contributed by atoms with van der Waals surface area (Å²) in [6.07, 6.45) is -0.445. The van der Waals surface area contributed by atoms with Crippen LogP contribution < -0.4 is 10.1 Å². The third-order valence-electron chi connectivity index (χ3n) is 3.03. The summed E-state index contributed by atoms with van der Waals surface area (Å²) >= 11 is 0. The number of aryl methyl sites for hydroxylation is 3. The molecule has 1 atom stereocenters. The summed E-state index contributed by atoms with van der Waals surface area (Å²) < 4.78 is 5.78. The van der Waals surface area contributed by atoms with Crippen LogP contribution in [0.15, 0.2) is 12.1 Å². The Morgan fingerprint density at radius 2 is 1.68 bits per heavy atom. The number of quaternary nitrogens is 1. The second kappa shape index (κ2) is 6.40. The zero-order chi connectivity index (χ0) is 14.6. The van der Waals surface area contributed by atoms with E-state index in [1.807, 2.05) is 13.8 Å². The van der Waals surface area contributed by atoms with Crippen LogP contribution in [0.3, 0.4) is 0 Å². The largest absolute Gasteiger partial charge is 0.490 e. The zero-order valence-corrected chi connectivity index (χ0v) is 13.1. The van der Waals surface area contributed by atoms with Gasteiger partial charge in [0.15, 0.2) is 0 Å². The van der Waals surface area contributed by atoms with Crippen LogP contribution in [0.4, 0.5) is 0 Å². The Morgan fingerprint density at radius 3 is 2.16 bits per heavy atom. The van der Waals surface area contributed by atoms with Gasteiger partial charge in [0.05, 0.1) is 5.54 Å². The highest BCUT2D eigenvalue weighted by Crippen LogP contribution is 2.24. The summed E-state index contributed by atoms with van der Waals surface area (Å²) in [4.78, 5) is 0. The maximum absolute atomic E-state index is 9.95. The first-order valence-electron chi connectivity index (χ1n) is 6.92. The molecular weight excluding hydrogens is 238 g/mol. The lowest BCUT2D eigenvalue weighted by molar-refractivity contribution is -0.722. The van der Waals surface area contributed by atoms with Gasteiger partial charge >= 0.3 is 0 Å². The van der Waals surface area contributed by atoms with E-state index in [2.05, 4.69) is 45.1 Å². The van der Waals surface area contributed by atoms with Gasteiger partial charge in [0.2, 0.25) is 0 Å². The van der Waals surface area contributed by atoms with E-state index in [4.69, 9.17) is 4.74 Å². The van der Waals surface area contributed by atoms with E-state index < -0.39 is 6.10 Å². The topological polar surface area (TPSA) is 46.1 Å². The Labute approximate surface area is 117 Å². The first kappa shape index (κ1) is 16.0. The van der Waals surface area contributed by atoms with Crippen molar-refractivity contribution in [2.45, 2.75) is 53.2 Å². The molecule has 3 heteroatoms. The van der Waals surface area contributed by atoms with E-state index in [0.717, 1.165) is 16.9 Å². The fourth-order valence-electron chi connectivity index (χ4n) is 2.13. The Hall–Kier alpha value is -1.06.